The van der Waals surface area contributed by atoms with E-state index in [1.165, 1.54) is 11.0 Å². The zero-order valence-corrected chi connectivity index (χ0v) is 25.1. The quantitative estimate of drug-likeness (QED) is 0.277. The fourth-order valence-corrected chi connectivity index (χ4v) is 5.46. The van der Waals surface area contributed by atoms with Crippen LogP contribution in [0, 0.1) is 13.8 Å². The minimum atomic E-state index is -3.86. The fourth-order valence-electron chi connectivity index (χ4n) is 4.40. The van der Waals surface area contributed by atoms with Gasteiger partial charge >= 0.3 is 0 Å². The van der Waals surface area contributed by atoms with E-state index in [2.05, 4.69) is 5.32 Å². The Hall–Kier alpha value is -3.36. The number of carbonyl (C=O) groups excluding carboxylic acids is 2. The van der Waals surface area contributed by atoms with Gasteiger partial charge in [0.2, 0.25) is 21.8 Å². The number of halogens is 1. The van der Waals surface area contributed by atoms with Crippen LogP contribution in [0.5, 0.6) is 0 Å². The van der Waals surface area contributed by atoms with Crippen LogP contribution in [0.4, 0.5) is 5.69 Å². The van der Waals surface area contributed by atoms with Gasteiger partial charge in [-0.1, -0.05) is 91.2 Å². The number of nitrogens with one attached hydrogen (secondary N) is 1. The second-order valence-corrected chi connectivity index (χ2v) is 12.4. The summed E-state index contributed by atoms with van der Waals surface area (Å²) in [4.78, 5) is 29.2. The Morgan fingerprint density at radius 3 is 2.25 bits per heavy atom. The van der Waals surface area contributed by atoms with Gasteiger partial charge in [-0.15, -0.1) is 0 Å². The van der Waals surface area contributed by atoms with Crippen molar-refractivity contribution in [1.82, 2.24) is 10.2 Å². The molecule has 1 atom stereocenters. The number of rotatable bonds is 13. The van der Waals surface area contributed by atoms with E-state index in [1.54, 1.807) is 19.1 Å². The van der Waals surface area contributed by atoms with Gasteiger partial charge in [0.1, 0.15) is 12.6 Å². The van der Waals surface area contributed by atoms with Gasteiger partial charge in [0.15, 0.2) is 0 Å². The molecule has 214 valence electrons. The largest absolute Gasteiger partial charge is 0.354 e. The van der Waals surface area contributed by atoms with Crippen LogP contribution in [0.2, 0.25) is 5.02 Å². The van der Waals surface area contributed by atoms with Crippen LogP contribution >= 0.6 is 11.6 Å². The van der Waals surface area contributed by atoms with E-state index in [4.69, 9.17) is 11.6 Å². The third-order valence-corrected chi connectivity index (χ3v) is 8.05. The number of anilines is 1. The van der Waals surface area contributed by atoms with Crippen molar-refractivity contribution in [3.8, 4) is 0 Å². The molecule has 0 spiro atoms. The van der Waals surface area contributed by atoms with Crippen molar-refractivity contribution in [1.29, 1.82) is 0 Å². The Labute approximate surface area is 243 Å². The average molecular weight is 584 g/mol. The monoisotopic (exact) mass is 583 g/mol. The molecule has 40 heavy (non-hydrogen) atoms. The smallest absolute Gasteiger partial charge is 0.244 e. The standard InChI is InChI=1S/C31H38ClN3O4S/c1-5-6-18-33-31(37)29(19-25-10-8-7-9-11-25)34(21-26-15-12-23(2)13-16-26)30(36)22-35(40(4,38)39)28-20-27(32)17-14-24(28)3/h7-17,20,29H,5-6,18-19,21-22H2,1-4H3,(H,33,37). The summed E-state index contributed by atoms with van der Waals surface area (Å²) in [5.74, 6) is -0.764. The van der Waals surface area contributed by atoms with Gasteiger partial charge in [0.05, 0.1) is 11.9 Å². The lowest BCUT2D eigenvalue weighted by atomic mass is 10.0. The van der Waals surface area contributed by atoms with Crippen LogP contribution in [-0.4, -0.2) is 50.5 Å². The van der Waals surface area contributed by atoms with E-state index in [9.17, 15) is 18.0 Å². The highest BCUT2D eigenvalue weighted by atomic mass is 35.5. The first-order valence-corrected chi connectivity index (χ1v) is 15.6. The summed E-state index contributed by atoms with van der Waals surface area (Å²) in [6.07, 6.45) is 3.07. The lowest BCUT2D eigenvalue weighted by Gasteiger charge is -2.34. The van der Waals surface area contributed by atoms with Crippen molar-refractivity contribution in [2.24, 2.45) is 0 Å². The highest BCUT2D eigenvalue weighted by molar-refractivity contribution is 7.92. The number of sulfonamides is 1. The molecule has 0 saturated carbocycles. The Morgan fingerprint density at radius 2 is 1.62 bits per heavy atom. The number of benzene rings is 3. The molecule has 0 bridgehead atoms. The van der Waals surface area contributed by atoms with E-state index in [0.29, 0.717) is 22.8 Å². The molecule has 0 aliphatic heterocycles. The Balaban J connectivity index is 2.05. The number of nitrogens with zero attached hydrogens (tertiary/aromatic N) is 2. The van der Waals surface area contributed by atoms with E-state index in [-0.39, 0.29) is 18.9 Å². The first-order chi connectivity index (χ1) is 19.0. The molecule has 0 heterocycles. The van der Waals surface area contributed by atoms with Crippen LogP contribution in [0.3, 0.4) is 0 Å². The molecule has 0 aromatic heterocycles. The van der Waals surface area contributed by atoms with Crippen LogP contribution in [-0.2, 0) is 32.6 Å². The third-order valence-electron chi connectivity index (χ3n) is 6.69. The Morgan fingerprint density at radius 1 is 0.950 bits per heavy atom. The number of hydrogen-bond acceptors (Lipinski definition) is 4. The SMILES string of the molecule is CCCCNC(=O)C(Cc1ccccc1)N(Cc1ccc(C)cc1)C(=O)CN(c1cc(Cl)ccc1C)S(C)(=O)=O. The van der Waals surface area contributed by atoms with Gasteiger partial charge in [-0.05, 0) is 49.1 Å². The molecule has 7 nitrogen and oxygen atoms in total. The summed E-state index contributed by atoms with van der Waals surface area (Å²) in [5, 5.41) is 3.34. The summed E-state index contributed by atoms with van der Waals surface area (Å²) in [6.45, 7) is 5.94. The van der Waals surface area contributed by atoms with E-state index in [0.717, 1.165) is 40.1 Å². The summed E-state index contributed by atoms with van der Waals surface area (Å²) in [7, 11) is -3.86. The van der Waals surface area contributed by atoms with Gasteiger partial charge < -0.3 is 10.2 Å². The fraction of sp³-hybridized carbons (Fsp3) is 0.355. The maximum atomic E-state index is 14.1. The Kier molecular flexibility index (Phi) is 11.2. The summed E-state index contributed by atoms with van der Waals surface area (Å²) in [6, 6.07) is 21.3. The minimum absolute atomic E-state index is 0.143. The molecule has 1 unspecified atom stereocenters. The van der Waals surface area contributed by atoms with Crippen LogP contribution in [0.25, 0.3) is 0 Å². The highest BCUT2D eigenvalue weighted by Crippen LogP contribution is 2.27. The van der Waals surface area contributed by atoms with Gasteiger partial charge in [-0.3, -0.25) is 13.9 Å². The molecule has 3 rings (SSSR count). The van der Waals surface area contributed by atoms with E-state index < -0.39 is 28.5 Å². The first-order valence-electron chi connectivity index (χ1n) is 13.4. The summed E-state index contributed by atoms with van der Waals surface area (Å²) >= 11 is 6.20. The second-order valence-electron chi connectivity index (χ2n) is 10.1. The zero-order chi connectivity index (χ0) is 29.3. The minimum Gasteiger partial charge on any atom is -0.354 e. The highest BCUT2D eigenvalue weighted by Gasteiger charge is 2.33. The zero-order valence-electron chi connectivity index (χ0n) is 23.6. The predicted octanol–water partition coefficient (Wildman–Crippen LogP) is 5.28. The number of carbonyl (C=O) groups is 2. The third kappa shape index (κ3) is 8.83. The molecule has 0 aliphatic carbocycles. The van der Waals surface area contributed by atoms with Crippen molar-refractivity contribution in [2.45, 2.75) is 52.6 Å². The predicted molar refractivity (Wildman–Crippen MR) is 162 cm³/mol. The topological polar surface area (TPSA) is 86.8 Å². The van der Waals surface area contributed by atoms with E-state index >= 15 is 0 Å². The Bertz CT molecular complexity index is 1400. The molecule has 0 fully saturated rings. The van der Waals surface area contributed by atoms with E-state index in [1.807, 2.05) is 68.4 Å². The lowest BCUT2D eigenvalue weighted by molar-refractivity contribution is -0.140. The van der Waals surface area contributed by atoms with Crippen molar-refractivity contribution in [3.05, 3.63) is 100 Å². The van der Waals surface area contributed by atoms with Gasteiger partial charge in [-0.2, -0.15) is 0 Å². The molecule has 0 radical (unpaired) electrons. The van der Waals surface area contributed by atoms with Crippen molar-refractivity contribution < 1.29 is 18.0 Å². The number of amides is 2. The van der Waals surface area contributed by atoms with Crippen molar-refractivity contribution in [3.63, 3.8) is 0 Å². The molecule has 2 amide bonds. The molecule has 0 aliphatic rings. The maximum absolute atomic E-state index is 14.1. The molecule has 1 N–H and O–H groups in total. The average Bonchev–Trinajstić information content (AvgIpc) is 2.91. The number of hydrogen-bond donors (Lipinski definition) is 1. The van der Waals surface area contributed by atoms with Crippen molar-refractivity contribution >= 4 is 39.1 Å². The number of aryl methyl sites for hydroxylation is 2. The number of unbranched alkanes of at least 4 members (excludes halogenated alkanes) is 1. The summed E-state index contributed by atoms with van der Waals surface area (Å²) in [5.41, 5.74) is 3.78. The summed E-state index contributed by atoms with van der Waals surface area (Å²) < 4.78 is 27.0. The molecule has 3 aromatic carbocycles. The normalized spacial score (nSPS) is 12.0. The molecule has 9 heteroatoms. The van der Waals surface area contributed by atoms with Gasteiger partial charge in [0, 0.05) is 24.5 Å². The second kappa shape index (κ2) is 14.3. The molecular weight excluding hydrogens is 546 g/mol. The maximum Gasteiger partial charge on any atom is 0.244 e. The lowest BCUT2D eigenvalue weighted by Crippen LogP contribution is -2.53. The van der Waals surface area contributed by atoms with Crippen LogP contribution in [0.15, 0.2) is 72.8 Å². The first kappa shape index (κ1) is 31.2. The van der Waals surface area contributed by atoms with Gasteiger partial charge in [-0.25, -0.2) is 8.42 Å². The van der Waals surface area contributed by atoms with Gasteiger partial charge in [0.25, 0.3) is 0 Å². The molecule has 0 saturated heterocycles. The van der Waals surface area contributed by atoms with Crippen LogP contribution in [0.1, 0.15) is 42.0 Å². The molecule has 3 aromatic rings. The van der Waals surface area contributed by atoms with Crippen LogP contribution < -0.4 is 9.62 Å². The van der Waals surface area contributed by atoms with Crippen molar-refractivity contribution in [2.75, 3.05) is 23.7 Å². The molecular formula is C31H38ClN3O4S.